The van der Waals surface area contributed by atoms with E-state index in [0.717, 1.165) is 50.8 Å². The van der Waals surface area contributed by atoms with Crippen LogP contribution in [0.4, 0.5) is 0 Å². The van der Waals surface area contributed by atoms with Gasteiger partial charge in [-0.3, -0.25) is 9.69 Å². The largest absolute Gasteiger partial charge is 0.388 e. The topological polar surface area (TPSA) is 58.4 Å². The molecular weight excluding hydrogens is 370 g/mol. The van der Waals surface area contributed by atoms with Gasteiger partial charge in [0, 0.05) is 40.4 Å². The molecule has 0 aromatic carbocycles. The highest BCUT2D eigenvalue weighted by Gasteiger charge is 2.48. The lowest BCUT2D eigenvalue weighted by Gasteiger charge is -2.43. The van der Waals surface area contributed by atoms with Crippen molar-refractivity contribution in [3.05, 3.63) is 49.6 Å². The maximum absolute atomic E-state index is 12.3. The van der Waals surface area contributed by atoms with E-state index in [0.29, 0.717) is 24.5 Å². The number of aromatic nitrogens is 2. The number of hydrogen-bond acceptors (Lipinski definition) is 5. The van der Waals surface area contributed by atoms with Crippen LogP contribution >= 0.6 is 11.3 Å². The van der Waals surface area contributed by atoms with Crippen molar-refractivity contribution in [1.29, 1.82) is 0 Å². The second-order valence-electron chi connectivity index (χ2n) is 9.16. The first-order valence-corrected chi connectivity index (χ1v) is 11.3. The van der Waals surface area contributed by atoms with Crippen molar-refractivity contribution in [1.82, 2.24) is 14.7 Å². The third-order valence-corrected chi connectivity index (χ3v) is 7.83. The molecule has 4 heterocycles. The number of aliphatic hydroxyl groups is 1. The minimum absolute atomic E-state index is 0.100. The Labute approximate surface area is 170 Å². The Hall–Kier alpha value is -1.50. The maximum atomic E-state index is 12.3. The van der Waals surface area contributed by atoms with Crippen molar-refractivity contribution in [2.75, 3.05) is 0 Å². The zero-order valence-corrected chi connectivity index (χ0v) is 17.5. The van der Waals surface area contributed by atoms with E-state index in [-0.39, 0.29) is 5.56 Å². The van der Waals surface area contributed by atoms with Gasteiger partial charge in [-0.15, -0.1) is 11.3 Å². The van der Waals surface area contributed by atoms with Crippen LogP contribution in [0.3, 0.4) is 0 Å². The number of thiophene rings is 1. The summed E-state index contributed by atoms with van der Waals surface area (Å²) in [6, 6.07) is 6.58. The summed E-state index contributed by atoms with van der Waals surface area (Å²) in [7, 11) is 0. The fraction of sp³-hybridized carbons (Fsp3) is 0.636. The highest BCUT2D eigenvalue weighted by Crippen LogP contribution is 2.43. The molecule has 2 saturated heterocycles. The number of fused-ring (bicyclic) bond motifs is 2. The van der Waals surface area contributed by atoms with Gasteiger partial charge in [0.25, 0.3) is 5.56 Å². The van der Waals surface area contributed by atoms with E-state index in [9.17, 15) is 9.90 Å². The van der Waals surface area contributed by atoms with Crippen molar-refractivity contribution in [3.8, 4) is 0 Å². The van der Waals surface area contributed by atoms with E-state index >= 15 is 0 Å². The lowest BCUT2D eigenvalue weighted by molar-refractivity contribution is -0.0678. The van der Waals surface area contributed by atoms with Crippen molar-refractivity contribution >= 4 is 11.3 Å². The molecule has 0 spiro atoms. The summed E-state index contributed by atoms with van der Waals surface area (Å²) in [5, 5.41) is 16.0. The van der Waals surface area contributed by atoms with Gasteiger partial charge in [0.1, 0.15) is 0 Å². The molecule has 2 bridgehead atoms. The van der Waals surface area contributed by atoms with Gasteiger partial charge in [-0.05, 0) is 70.1 Å². The van der Waals surface area contributed by atoms with Crippen molar-refractivity contribution < 1.29 is 5.11 Å². The Balaban J connectivity index is 1.33. The molecule has 28 heavy (non-hydrogen) atoms. The molecule has 5 rings (SSSR count). The molecule has 1 saturated carbocycles. The molecule has 1 N–H and O–H groups in total. The molecule has 6 heteroatoms. The zero-order chi connectivity index (χ0) is 19.5. The predicted octanol–water partition coefficient (Wildman–Crippen LogP) is 3.36. The number of aryl methyl sites for hydroxylation is 2. The van der Waals surface area contributed by atoms with Crippen molar-refractivity contribution in [2.24, 2.45) is 0 Å². The Kier molecular flexibility index (Phi) is 4.49. The van der Waals surface area contributed by atoms with E-state index in [1.54, 1.807) is 6.07 Å². The molecule has 0 unspecified atom stereocenters. The molecule has 3 fully saturated rings. The molecule has 2 atom stereocenters. The van der Waals surface area contributed by atoms with Gasteiger partial charge >= 0.3 is 0 Å². The second-order valence-corrected chi connectivity index (χ2v) is 10.6. The highest BCUT2D eigenvalue weighted by molar-refractivity contribution is 7.12. The molecule has 3 aliphatic rings. The summed E-state index contributed by atoms with van der Waals surface area (Å²) < 4.78 is 1.52. The summed E-state index contributed by atoms with van der Waals surface area (Å²) in [6.07, 6.45) is 6.06. The molecule has 0 radical (unpaired) electrons. The van der Waals surface area contributed by atoms with Crippen LogP contribution in [0, 0.1) is 13.8 Å². The van der Waals surface area contributed by atoms with E-state index in [4.69, 9.17) is 0 Å². The maximum Gasteiger partial charge on any atom is 0.266 e. The van der Waals surface area contributed by atoms with Crippen LogP contribution in [0.2, 0.25) is 0 Å². The fourth-order valence-corrected chi connectivity index (χ4v) is 6.23. The lowest BCUT2D eigenvalue weighted by atomic mass is 9.85. The Bertz CT molecular complexity index is 931. The molecule has 2 aliphatic heterocycles. The normalized spacial score (nSPS) is 30.1. The molecule has 2 aromatic heterocycles. The van der Waals surface area contributed by atoms with Crippen LogP contribution < -0.4 is 5.56 Å². The predicted molar refractivity (Wildman–Crippen MR) is 111 cm³/mol. The standard InChI is InChI=1S/C22H29N3O2S/c1-14-9-17(15(2)28-14)12-24-18-5-6-19(24)11-22(27,10-18)13-25-21(26)8-7-20(23-25)16-3-4-16/h7-9,16,18-19,27H,3-6,10-13H2,1-2H3/t18-,19-/m0/s1. The van der Waals surface area contributed by atoms with E-state index in [1.807, 2.05) is 17.4 Å². The van der Waals surface area contributed by atoms with Gasteiger partial charge in [0.15, 0.2) is 0 Å². The molecule has 0 amide bonds. The lowest BCUT2D eigenvalue weighted by Crippen LogP contribution is -2.53. The smallest absolute Gasteiger partial charge is 0.266 e. The van der Waals surface area contributed by atoms with E-state index < -0.39 is 5.60 Å². The monoisotopic (exact) mass is 399 g/mol. The number of rotatable bonds is 5. The van der Waals surface area contributed by atoms with Crippen LogP contribution in [0.15, 0.2) is 23.0 Å². The molecule has 1 aliphatic carbocycles. The number of nitrogens with zero attached hydrogens (tertiary/aromatic N) is 3. The van der Waals surface area contributed by atoms with Gasteiger partial charge in [-0.25, -0.2) is 4.68 Å². The summed E-state index contributed by atoms with van der Waals surface area (Å²) >= 11 is 1.87. The minimum Gasteiger partial charge on any atom is -0.388 e. The SMILES string of the molecule is Cc1cc(CN2[C@H]3CC[C@H]2CC(O)(Cn2nc(C4CC4)ccc2=O)C3)c(C)s1. The van der Waals surface area contributed by atoms with Crippen LogP contribution in [0.25, 0.3) is 0 Å². The average Bonchev–Trinajstić information content (AvgIpc) is 3.38. The van der Waals surface area contributed by atoms with E-state index in [2.05, 4.69) is 29.9 Å². The third kappa shape index (κ3) is 3.46. The van der Waals surface area contributed by atoms with E-state index in [1.165, 1.54) is 20.0 Å². The van der Waals surface area contributed by atoms with Crippen LogP contribution in [-0.2, 0) is 13.1 Å². The first-order chi connectivity index (χ1) is 13.4. The van der Waals surface area contributed by atoms with Crippen LogP contribution in [0.5, 0.6) is 0 Å². The average molecular weight is 400 g/mol. The van der Waals surface area contributed by atoms with Crippen LogP contribution in [0.1, 0.15) is 65.5 Å². The van der Waals surface area contributed by atoms with Gasteiger partial charge in [-0.2, -0.15) is 5.10 Å². The zero-order valence-electron chi connectivity index (χ0n) is 16.7. The third-order valence-electron chi connectivity index (χ3n) is 6.83. The van der Waals surface area contributed by atoms with Gasteiger partial charge in [0.2, 0.25) is 0 Å². The summed E-state index contributed by atoms with van der Waals surface area (Å²) in [5.74, 6) is 0.511. The Morgan fingerprint density at radius 1 is 1.18 bits per heavy atom. The van der Waals surface area contributed by atoms with Crippen molar-refractivity contribution in [2.45, 2.75) is 89.1 Å². The molecular formula is C22H29N3O2S. The second kappa shape index (κ2) is 6.78. The summed E-state index contributed by atoms with van der Waals surface area (Å²) in [5.41, 5.74) is 1.50. The van der Waals surface area contributed by atoms with Crippen molar-refractivity contribution in [3.63, 3.8) is 0 Å². The first-order valence-electron chi connectivity index (χ1n) is 10.5. The number of hydrogen-bond donors (Lipinski definition) is 1. The number of piperidine rings is 1. The van der Waals surface area contributed by atoms with Crippen LogP contribution in [-0.4, -0.2) is 37.5 Å². The fourth-order valence-electron chi connectivity index (χ4n) is 5.29. The molecule has 5 nitrogen and oxygen atoms in total. The quantitative estimate of drug-likeness (QED) is 0.838. The Morgan fingerprint density at radius 3 is 2.50 bits per heavy atom. The first kappa shape index (κ1) is 18.5. The van der Waals surface area contributed by atoms with Gasteiger partial charge in [-0.1, -0.05) is 0 Å². The summed E-state index contributed by atoms with van der Waals surface area (Å²) in [6.45, 7) is 5.69. The summed E-state index contributed by atoms with van der Waals surface area (Å²) in [4.78, 5) is 17.7. The molecule has 150 valence electrons. The van der Waals surface area contributed by atoms with Gasteiger partial charge in [0.05, 0.1) is 17.8 Å². The minimum atomic E-state index is -0.832. The molecule has 2 aromatic rings. The highest BCUT2D eigenvalue weighted by atomic mass is 32.1. The Morgan fingerprint density at radius 2 is 1.89 bits per heavy atom. The van der Waals surface area contributed by atoms with Gasteiger partial charge < -0.3 is 5.11 Å².